The molecule has 1 atom stereocenters. The van der Waals surface area contributed by atoms with Gasteiger partial charge in [0.1, 0.15) is 12.4 Å². The summed E-state index contributed by atoms with van der Waals surface area (Å²) in [6, 6.07) is 15.4. The van der Waals surface area contributed by atoms with E-state index in [1.54, 1.807) is 6.92 Å². The van der Waals surface area contributed by atoms with E-state index in [9.17, 15) is 9.59 Å². The fourth-order valence-corrected chi connectivity index (χ4v) is 3.22. The summed E-state index contributed by atoms with van der Waals surface area (Å²) in [5.41, 5.74) is 3.30. The molecule has 6 heteroatoms. The molecule has 0 radical (unpaired) electrons. The highest BCUT2D eigenvalue weighted by molar-refractivity contribution is 5.71. The number of nitrogens with one attached hydrogen (secondary N) is 1. The van der Waals surface area contributed by atoms with Crippen molar-refractivity contribution in [2.45, 2.75) is 38.8 Å². The van der Waals surface area contributed by atoms with Gasteiger partial charge in [0, 0.05) is 6.04 Å². The standard InChI is InChI=1S/C22H25NO5/c1-2-26-21(24)15-27-20-11-9-17-8-10-19(12-18(17)13-20)23-22(25)28-14-16-6-4-3-5-7-16/h3-7,9,11,13,19H,2,8,10,12,14-15H2,1H3,(H,23,25). The van der Waals surface area contributed by atoms with Crippen molar-refractivity contribution < 1.29 is 23.8 Å². The van der Waals surface area contributed by atoms with Crippen LogP contribution < -0.4 is 10.1 Å². The first-order valence-electron chi connectivity index (χ1n) is 9.51. The van der Waals surface area contributed by atoms with Crippen molar-refractivity contribution in [1.82, 2.24) is 5.32 Å². The molecule has 28 heavy (non-hydrogen) atoms. The molecule has 0 heterocycles. The van der Waals surface area contributed by atoms with Gasteiger partial charge in [0.25, 0.3) is 0 Å². The van der Waals surface area contributed by atoms with E-state index in [4.69, 9.17) is 14.2 Å². The Morgan fingerprint density at radius 3 is 2.68 bits per heavy atom. The van der Waals surface area contributed by atoms with Gasteiger partial charge in [-0.15, -0.1) is 0 Å². The number of carbonyl (C=O) groups excluding carboxylic acids is 2. The molecule has 1 aliphatic carbocycles. The van der Waals surface area contributed by atoms with E-state index < -0.39 is 6.09 Å². The van der Waals surface area contributed by atoms with Gasteiger partial charge < -0.3 is 19.5 Å². The number of amides is 1. The Balaban J connectivity index is 1.50. The third-order valence-corrected chi connectivity index (χ3v) is 4.60. The number of fused-ring (bicyclic) bond motifs is 1. The minimum Gasteiger partial charge on any atom is -0.482 e. The maximum Gasteiger partial charge on any atom is 0.407 e. The predicted molar refractivity (Wildman–Crippen MR) is 104 cm³/mol. The molecule has 1 N–H and O–H groups in total. The normalized spacial score (nSPS) is 15.2. The lowest BCUT2D eigenvalue weighted by atomic mass is 9.88. The number of hydrogen-bond donors (Lipinski definition) is 1. The Hall–Kier alpha value is -3.02. The topological polar surface area (TPSA) is 73.9 Å². The van der Waals surface area contributed by atoms with Gasteiger partial charge in [-0.25, -0.2) is 9.59 Å². The van der Waals surface area contributed by atoms with E-state index in [0.29, 0.717) is 18.8 Å². The molecule has 0 aliphatic heterocycles. The van der Waals surface area contributed by atoms with E-state index in [2.05, 4.69) is 5.32 Å². The van der Waals surface area contributed by atoms with Crippen LogP contribution in [0.1, 0.15) is 30.0 Å². The Morgan fingerprint density at radius 2 is 1.89 bits per heavy atom. The summed E-state index contributed by atoms with van der Waals surface area (Å²) in [7, 11) is 0. The molecule has 148 valence electrons. The van der Waals surface area contributed by atoms with Gasteiger partial charge in [0.2, 0.25) is 0 Å². The Kier molecular flexibility index (Phi) is 6.89. The first-order chi connectivity index (χ1) is 13.6. The van der Waals surface area contributed by atoms with Gasteiger partial charge in [0.05, 0.1) is 6.61 Å². The van der Waals surface area contributed by atoms with Crippen LogP contribution >= 0.6 is 0 Å². The summed E-state index contributed by atoms with van der Waals surface area (Å²) >= 11 is 0. The summed E-state index contributed by atoms with van der Waals surface area (Å²) in [4.78, 5) is 23.5. The van der Waals surface area contributed by atoms with Crippen molar-refractivity contribution in [1.29, 1.82) is 0 Å². The first kappa shape index (κ1) is 19.7. The molecular weight excluding hydrogens is 358 g/mol. The fourth-order valence-electron chi connectivity index (χ4n) is 3.22. The summed E-state index contributed by atoms with van der Waals surface area (Å²) < 4.78 is 15.7. The van der Waals surface area contributed by atoms with Crippen LogP contribution in [0.2, 0.25) is 0 Å². The molecule has 3 rings (SSSR count). The van der Waals surface area contributed by atoms with Crippen LogP contribution in [-0.2, 0) is 33.7 Å². The van der Waals surface area contributed by atoms with Gasteiger partial charge in [-0.2, -0.15) is 0 Å². The Morgan fingerprint density at radius 1 is 1.07 bits per heavy atom. The molecule has 2 aromatic rings. The summed E-state index contributed by atoms with van der Waals surface area (Å²) in [6.07, 6.45) is 2.02. The van der Waals surface area contributed by atoms with Crippen LogP contribution in [0.25, 0.3) is 0 Å². The monoisotopic (exact) mass is 383 g/mol. The third-order valence-electron chi connectivity index (χ3n) is 4.60. The van der Waals surface area contributed by atoms with E-state index in [0.717, 1.165) is 24.0 Å². The number of rotatable bonds is 7. The van der Waals surface area contributed by atoms with E-state index in [1.807, 2.05) is 48.5 Å². The molecule has 0 bridgehead atoms. The zero-order valence-corrected chi connectivity index (χ0v) is 16.0. The van der Waals surface area contributed by atoms with Crippen LogP contribution in [0.15, 0.2) is 48.5 Å². The van der Waals surface area contributed by atoms with Gasteiger partial charge >= 0.3 is 12.1 Å². The van der Waals surface area contributed by atoms with Crippen molar-refractivity contribution in [2.24, 2.45) is 0 Å². The van der Waals surface area contributed by atoms with Crippen LogP contribution in [0.3, 0.4) is 0 Å². The fraction of sp³-hybridized carbons (Fsp3) is 0.364. The van der Waals surface area contributed by atoms with Crippen molar-refractivity contribution in [3.8, 4) is 5.75 Å². The second-order valence-corrected chi connectivity index (χ2v) is 6.67. The number of aryl methyl sites for hydroxylation is 1. The van der Waals surface area contributed by atoms with E-state index in [1.165, 1.54) is 5.56 Å². The molecule has 2 aromatic carbocycles. The van der Waals surface area contributed by atoms with Gasteiger partial charge in [-0.05, 0) is 55.0 Å². The molecule has 0 fully saturated rings. The van der Waals surface area contributed by atoms with Crippen molar-refractivity contribution in [3.05, 3.63) is 65.2 Å². The number of hydrogen-bond acceptors (Lipinski definition) is 5. The summed E-state index contributed by atoms with van der Waals surface area (Å²) in [5.74, 6) is 0.236. The lowest BCUT2D eigenvalue weighted by Crippen LogP contribution is -2.39. The molecule has 6 nitrogen and oxygen atoms in total. The smallest absolute Gasteiger partial charge is 0.407 e. The highest BCUT2D eigenvalue weighted by Crippen LogP contribution is 2.26. The Labute approximate surface area is 164 Å². The minimum atomic E-state index is -0.410. The van der Waals surface area contributed by atoms with E-state index >= 15 is 0 Å². The van der Waals surface area contributed by atoms with E-state index in [-0.39, 0.29) is 25.2 Å². The molecular formula is C22H25NO5. The highest BCUT2D eigenvalue weighted by Gasteiger charge is 2.21. The number of alkyl carbamates (subject to hydrolysis) is 1. The van der Waals surface area contributed by atoms with Gasteiger partial charge in [-0.3, -0.25) is 0 Å². The molecule has 1 amide bonds. The van der Waals surface area contributed by atoms with Crippen LogP contribution in [-0.4, -0.2) is 31.3 Å². The number of ether oxygens (including phenoxy) is 3. The number of benzene rings is 2. The summed E-state index contributed by atoms with van der Waals surface area (Å²) in [5, 5.41) is 2.94. The molecule has 0 spiro atoms. The first-order valence-corrected chi connectivity index (χ1v) is 9.51. The van der Waals surface area contributed by atoms with Crippen molar-refractivity contribution in [3.63, 3.8) is 0 Å². The van der Waals surface area contributed by atoms with Crippen LogP contribution in [0.4, 0.5) is 4.79 Å². The second kappa shape index (κ2) is 9.78. The SMILES string of the molecule is CCOC(=O)COc1ccc2c(c1)CC(NC(=O)OCc1ccccc1)CC2. The van der Waals surface area contributed by atoms with Crippen LogP contribution in [0.5, 0.6) is 5.75 Å². The van der Waals surface area contributed by atoms with Crippen LogP contribution in [0, 0.1) is 0 Å². The lowest BCUT2D eigenvalue weighted by Gasteiger charge is -2.25. The average Bonchev–Trinajstić information content (AvgIpc) is 2.71. The Bertz CT molecular complexity index is 806. The highest BCUT2D eigenvalue weighted by atomic mass is 16.6. The minimum absolute atomic E-state index is 0.0103. The molecule has 0 saturated heterocycles. The van der Waals surface area contributed by atoms with Gasteiger partial charge in [0.15, 0.2) is 6.61 Å². The lowest BCUT2D eigenvalue weighted by molar-refractivity contribution is -0.145. The van der Waals surface area contributed by atoms with Gasteiger partial charge in [-0.1, -0.05) is 36.4 Å². The third kappa shape index (κ3) is 5.74. The molecule has 0 aromatic heterocycles. The molecule has 1 unspecified atom stereocenters. The average molecular weight is 383 g/mol. The maximum absolute atomic E-state index is 12.1. The zero-order valence-electron chi connectivity index (χ0n) is 16.0. The largest absolute Gasteiger partial charge is 0.482 e. The maximum atomic E-state index is 12.1. The summed E-state index contributed by atoms with van der Waals surface area (Å²) in [6.45, 7) is 2.23. The predicted octanol–water partition coefficient (Wildman–Crippen LogP) is 3.41. The number of carbonyl (C=O) groups is 2. The zero-order chi connectivity index (χ0) is 19.8. The van der Waals surface area contributed by atoms with Crippen molar-refractivity contribution >= 4 is 12.1 Å². The quantitative estimate of drug-likeness (QED) is 0.742. The molecule has 0 saturated carbocycles. The van der Waals surface area contributed by atoms with Crippen molar-refractivity contribution in [2.75, 3.05) is 13.2 Å². The molecule has 1 aliphatic rings. The second-order valence-electron chi connectivity index (χ2n) is 6.67. The number of esters is 1.